The number of aromatic nitrogens is 1. The number of likely N-dealkylation sites (tertiary alicyclic amines) is 1. The predicted octanol–water partition coefficient (Wildman–Crippen LogP) is 3.90. The zero-order valence-electron chi connectivity index (χ0n) is 13.6. The van der Waals surface area contributed by atoms with Crippen molar-refractivity contribution in [3.05, 3.63) is 45.9 Å². The van der Waals surface area contributed by atoms with Gasteiger partial charge in [0.25, 0.3) is 5.91 Å². The molecule has 1 aliphatic heterocycles. The second-order valence-electron chi connectivity index (χ2n) is 6.19. The Morgan fingerprint density at radius 1 is 1.39 bits per heavy atom. The van der Waals surface area contributed by atoms with Gasteiger partial charge in [-0.3, -0.25) is 4.79 Å². The van der Waals surface area contributed by atoms with Crippen molar-refractivity contribution in [3.63, 3.8) is 0 Å². The highest BCUT2D eigenvalue weighted by molar-refractivity contribution is 7.09. The molecule has 1 fully saturated rings. The van der Waals surface area contributed by atoms with Crippen LogP contribution in [0.4, 0.5) is 0 Å². The zero-order valence-corrected chi connectivity index (χ0v) is 14.4. The highest BCUT2D eigenvalue weighted by Crippen LogP contribution is 2.20. The largest absolute Gasteiger partial charge is 0.486 e. The maximum atomic E-state index is 12.5. The van der Waals surface area contributed by atoms with E-state index < -0.39 is 0 Å². The molecular weight excluding hydrogens is 308 g/mol. The van der Waals surface area contributed by atoms with Crippen LogP contribution in [0.2, 0.25) is 0 Å². The Labute approximate surface area is 141 Å². The number of thiazole rings is 1. The Bertz CT molecular complexity index is 666. The number of benzene rings is 1. The molecule has 0 bridgehead atoms. The number of hydrogen-bond acceptors (Lipinski definition) is 4. The quantitative estimate of drug-likeness (QED) is 0.854. The van der Waals surface area contributed by atoms with E-state index in [1.807, 2.05) is 41.5 Å². The third-order valence-electron chi connectivity index (χ3n) is 4.07. The zero-order chi connectivity index (χ0) is 16.2. The lowest BCUT2D eigenvalue weighted by atomic mass is 9.99. The minimum absolute atomic E-state index is 0.124. The van der Waals surface area contributed by atoms with Crippen LogP contribution < -0.4 is 4.74 Å². The van der Waals surface area contributed by atoms with Gasteiger partial charge in [-0.2, -0.15) is 0 Å². The summed E-state index contributed by atoms with van der Waals surface area (Å²) in [7, 11) is 0. The summed E-state index contributed by atoms with van der Waals surface area (Å²) < 4.78 is 5.73. The fourth-order valence-electron chi connectivity index (χ4n) is 2.86. The monoisotopic (exact) mass is 330 g/mol. The van der Waals surface area contributed by atoms with Crippen LogP contribution in [0.25, 0.3) is 0 Å². The molecule has 2 aromatic rings. The molecule has 1 aromatic carbocycles. The lowest BCUT2D eigenvalue weighted by Gasteiger charge is -2.31. The molecule has 23 heavy (non-hydrogen) atoms. The van der Waals surface area contributed by atoms with Gasteiger partial charge in [-0.15, -0.1) is 11.3 Å². The molecule has 1 saturated heterocycles. The van der Waals surface area contributed by atoms with Gasteiger partial charge in [-0.1, -0.05) is 6.92 Å². The van der Waals surface area contributed by atoms with Crippen LogP contribution in [0.1, 0.15) is 40.8 Å². The third-order valence-corrected chi connectivity index (χ3v) is 5.01. The van der Waals surface area contributed by atoms with Gasteiger partial charge in [0.1, 0.15) is 17.4 Å². The Morgan fingerprint density at radius 2 is 2.17 bits per heavy atom. The Kier molecular flexibility index (Phi) is 4.96. The third kappa shape index (κ3) is 4.10. The molecule has 0 aliphatic carbocycles. The van der Waals surface area contributed by atoms with Gasteiger partial charge in [-0.25, -0.2) is 4.98 Å². The minimum atomic E-state index is 0.124. The van der Waals surface area contributed by atoms with Crippen molar-refractivity contribution in [2.45, 2.75) is 33.3 Å². The molecule has 0 radical (unpaired) electrons. The summed E-state index contributed by atoms with van der Waals surface area (Å²) in [6.07, 6.45) is 2.31. The lowest BCUT2D eigenvalue weighted by molar-refractivity contribution is 0.0683. The molecule has 1 unspecified atom stereocenters. The SMILES string of the molecule is Cc1csc(COc2ccc(C(=O)N3CCCC(C)C3)cc2)n1. The molecule has 1 aromatic heterocycles. The summed E-state index contributed by atoms with van der Waals surface area (Å²) in [5.74, 6) is 1.48. The second-order valence-corrected chi connectivity index (χ2v) is 7.14. The van der Waals surface area contributed by atoms with Gasteiger partial charge >= 0.3 is 0 Å². The summed E-state index contributed by atoms with van der Waals surface area (Å²) >= 11 is 1.60. The number of aryl methyl sites for hydroxylation is 1. The van der Waals surface area contributed by atoms with Crippen molar-refractivity contribution in [2.75, 3.05) is 13.1 Å². The van der Waals surface area contributed by atoms with E-state index in [0.717, 1.165) is 41.5 Å². The molecule has 122 valence electrons. The molecule has 1 atom stereocenters. The van der Waals surface area contributed by atoms with Crippen LogP contribution in [0.15, 0.2) is 29.6 Å². The first kappa shape index (κ1) is 16.0. The summed E-state index contributed by atoms with van der Waals surface area (Å²) in [5.41, 5.74) is 1.75. The Morgan fingerprint density at radius 3 is 2.83 bits per heavy atom. The highest BCUT2D eigenvalue weighted by Gasteiger charge is 2.21. The summed E-state index contributed by atoms with van der Waals surface area (Å²) in [4.78, 5) is 18.8. The van der Waals surface area contributed by atoms with Crippen molar-refractivity contribution >= 4 is 17.2 Å². The first-order valence-electron chi connectivity index (χ1n) is 8.05. The standard InChI is InChI=1S/C18H22N2O2S/c1-13-4-3-9-20(10-13)18(21)15-5-7-16(8-6-15)22-11-17-19-14(2)12-23-17/h5-8,12-13H,3-4,9-11H2,1-2H3. The van der Waals surface area contributed by atoms with E-state index >= 15 is 0 Å². The molecule has 1 amide bonds. The highest BCUT2D eigenvalue weighted by atomic mass is 32.1. The van der Waals surface area contributed by atoms with E-state index in [1.54, 1.807) is 11.3 Å². The molecule has 4 nitrogen and oxygen atoms in total. The molecule has 0 saturated carbocycles. The van der Waals surface area contributed by atoms with Gasteiger partial charge in [0.2, 0.25) is 0 Å². The van der Waals surface area contributed by atoms with E-state index in [4.69, 9.17) is 4.74 Å². The molecular formula is C18H22N2O2S. The van der Waals surface area contributed by atoms with Crippen molar-refractivity contribution in [2.24, 2.45) is 5.92 Å². The lowest BCUT2D eigenvalue weighted by Crippen LogP contribution is -2.39. The predicted molar refractivity (Wildman–Crippen MR) is 91.9 cm³/mol. The van der Waals surface area contributed by atoms with Crippen LogP contribution in [0.3, 0.4) is 0 Å². The number of carbonyl (C=O) groups excluding carboxylic acids is 1. The van der Waals surface area contributed by atoms with Crippen LogP contribution in [0.5, 0.6) is 5.75 Å². The summed E-state index contributed by atoms with van der Waals surface area (Å²) in [6, 6.07) is 7.43. The number of carbonyl (C=O) groups is 1. The fraction of sp³-hybridized carbons (Fsp3) is 0.444. The average Bonchev–Trinajstić information content (AvgIpc) is 2.98. The van der Waals surface area contributed by atoms with E-state index in [1.165, 1.54) is 6.42 Å². The molecule has 0 spiro atoms. The Hall–Kier alpha value is -1.88. The van der Waals surface area contributed by atoms with Crippen molar-refractivity contribution in [3.8, 4) is 5.75 Å². The fourth-order valence-corrected chi connectivity index (χ4v) is 3.55. The smallest absolute Gasteiger partial charge is 0.253 e. The second kappa shape index (κ2) is 7.13. The van der Waals surface area contributed by atoms with Crippen molar-refractivity contribution < 1.29 is 9.53 Å². The van der Waals surface area contributed by atoms with Gasteiger partial charge in [0.05, 0.1) is 0 Å². The Balaban J connectivity index is 1.59. The van der Waals surface area contributed by atoms with Crippen LogP contribution >= 0.6 is 11.3 Å². The first-order chi connectivity index (χ1) is 11.1. The number of amides is 1. The number of nitrogens with zero attached hydrogens (tertiary/aromatic N) is 2. The number of hydrogen-bond donors (Lipinski definition) is 0. The maximum absolute atomic E-state index is 12.5. The molecule has 2 heterocycles. The first-order valence-corrected chi connectivity index (χ1v) is 8.93. The van der Waals surface area contributed by atoms with Gasteiger partial charge in [-0.05, 0) is 49.9 Å². The van der Waals surface area contributed by atoms with Crippen LogP contribution in [0, 0.1) is 12.8 Å². The van der Waals surface area contributed by atoms with E-state index in [0.29, 0.717) is 12.5 Å². The van der Waals surface area contributed by atoms with Crippen molar-refractivity contribution in [1.82, 2.24) is 9.88 Å². The summed E-state index contributed by atoms with van der Waals surface area (Å²) in [6.45, 7) is 6.37. The molecule has 1 aliphatic rings. The van der Waals surface area contributed by atoms with E-state index in [9.17, 15) is 4.79 Å². The van der Waals surface area contributed by atoms with Crippen LogP contribution in [-0.2, 0) is 6.61 Å². The molecule has 3 rings (SSSR count). The van der Waals surface area contributed by atoms with Crippen molar-refractivity contribution in [1.29, 1.82) is 0 Å². The molecule has 5 heteroatoms. The maximum Gasteiger partial charge on any atom is 0.253 e. The van der Waals surface area contributed by atoms with Gasteiger partial charge in [0.15, 0.2) is 0 Å². The van der Waals surface area contributed by atoms with E-state index in [-0.39, 0.29) is 5.91 Å². The topological polar surface area (TPSA) is 42.4 Å². The number of piperidine rings is 1. The molecule has 0 N–H and O–H groups in total. The van der Waals surface area contributed by atoms with Gasteiger partial charge in [0, 0.05) is 29.7 Å². The normalized spacial score (nSPS) is 18.0. The average molecular weight is 330 g/mol. The summed E-state index contributed by atoms with van der Waals surface area (Å²) in [5, 5.41) is 2.98. The van der Waals surface area contributed by atoms with E-state index in [2.05, 4.69) is 11.9 Å². The number of rotatable bonds is 4. The minimum Gasteiger partial charge on any atom is -0.486 e. The van der Waals surface area contributed by atoms with Crippen LogP contribution in [-0.4, -0.2) is 28.9 Å². The number of ether oxygens (including phenoxy) is 1. The van der Waals surface area contributed by atoms with Gasteiger partial charge < -0.3 is 9.64 Å².